The van der Waals surface area contributed by atoms with Gasteiger partial charge in [0.15, 0.2) is 5.52 Å². The molecule has 50 heavy (non-hydrogen) atoms. The van der Waals surface area contributed by atoms with Crippen molar-refractivity contribution in [1.82, 2.24) is 13.8 Å². The quantitative estimate of drug-likeness (QED) is 0.151. The Morgan fingerprint density at radius 2 is 1.26 bits per heavy atom. The third-order valence-electron chi connectivity index (χ3n) is 11.7. The Kier molecular flexibility index (Phi) is 4.33. The number of anilines is 1. The Balaban J connectivity index is 1.19. The molecule has 7 heteroatoms. The molecular weight excluding hydrogens is 611 g/mol. The van der Waals surface area contributed by atoms with E-state index >= 15 is 0 Å². The number of aromatic nitrogens is 5. The van der Waals surface area contributed by atoms with Gasteiger partial charge >= 0.3 is 5.66 Å². The number of hydrogen-bond donors (Lipinski definition) is 0. The minimum absolute atomic E-state index is 0.255. The molecule has 1 atom stereocenters. The fraction of sp³-hybridized carbons (Fsp3) is 0.0233. The maximum Gasteiger partial charge on any atom is 0.394 e. The summed E-state index contributed by atoms with van der Waals surface area (Å²) in [5.74, 6) is 5.74. The van der Waals surface area contributed by atoms with Gasteiger partial charge in [-0.25, -0.2) is 0 Å². The summed E-state index contributed by atoms with van der Waals surface area (Å²) >= 11 is 0. The highest BCUT2D eigenvalue weighted by molar-refractivity contribution is 6.82. The molecule has 1 spiro atoms. The van der Waals surface area contributed by atoms with Crippen LogP contribution in [0.3, 0.4) is 0 Å². The zero-order valence-electron chi connectivity index (χ0n) is 26.8. The Hall–Kier alpha value is -6.60. The molecule has 0 saturated carbocycles. The van der Waals surface area contributed by atoms with Crippen molar-refractivity contribution >= 4 is 61.5 Å². The van der Waals surface area contributed by atoms with E-state index in [-0.39, 0.29) is 6.71 Å². The topological polar surface area (TPSA) is 25.8 Å². The number of nitrogens with zero attached hydrogens (tertiary/aromatic N) is 6. The van der Waals surface area contributed by atoms with Gasteiger partial charge in [-0.1, -0.05) is 94.9 Å². The zero-order valence-corrected chi connectivity index (χ0v) is 26.8. The molecule has 13 rings (SSSR count). The summed E-state index contributed by atoms with van der Waals surface area (Å²) in [6, 6.07) is 44.5. The first-order chi connectivity index (χ1) is 24.8. The van der Waals surface area contributed by atoms with Gasteiger partial charge in [-0.15, -0.1) is 4.68 Å². The number of fused-ring (bicyclic) bond motifs is 11. The van der Waals surface area contributed by atoms with Crippen molar-refractivity contribution in [2.24, 2.45) is 0 Å². The molecule has 5 aromatic carbocycles. The molecule has 4 aliphatic rings. The summed E-state index contributed by atoms with van der Waals surface area (Å²) in [4.78, 5) is 2.25. The first-order valence-electron chi connectivity index (χ1n) is 17.3. The summed E-state index contributed by atoms with van der Waals surface area (Å²) in [6.45, 7) is 0.255. The number of para-hydroxylation sites is 2. The van der Waals surface area contributed by atoms with Crippen LogP contribution in [0, 0.1) is 0 Å². The van der Waals surface area contributed by atoms with Crippen molar-refractivity contribution in [3.05, 3.63) is 175 Å². The second-order valence-corrected chi connectivity index (χ2v) is 13.9. The van der Waals surface area contributed by atoms with E-state index in [4.69, 9.17) is 0 Å². The minimum Gasteiger partial charge on any atom is -0.320 e. The van der Waals surface area contributed by atoms with Crippen LogP contribution in [0.5, 0.6) is 0 Å². The lowest BCUT2D eigenvalue weighted by molar-refractivity contribution is -0.993. The highest BCUT2D eigenvalue weighted by Gasteiger charge is 2.68. The van der Waals surface area contributed by atoms with Crippen LogP contribution in [-0.2, 0) is 5.66 Å². The van der Waals surface area contributed by atoms with E-state index in [2.05, 4.69) is 192 Å². The maximum atomic E-state index is 2.54. The molecule has 6 nitrogen and oxygen atoms in total. The number of rotatable bonds is 2. The predicted molar refractivity (Wildman–Crippen MR) is 199 cm³/mol. The molecule has 9 aromatic rings. The van der Waals surface area contributed by atoms with Gasteiger partial charge in [0.2, 0.25) is 12.9 Å². The molecule has 8 heterocycles. The third kappa shape index (κ3) is 2.69. The van der Waals surface area contributed by atoms with E-state index in [0.29, 0.717) is 0 Å². The van der Waals surface area contributed by atoms with Crippen LogP contribution in [-0.4, -0.2) is 20.5 Å². The molecule has 4 aromatic heterocycles. The van der Waals surface area contributed by atoms with Gasteiger partial charge in [-0.05, 0) is 54.9 Å². The summed E-state index contributed by atoms with van der Waals surface area (Å²) in [7, 11) is 0. The Bertz CT molecular complexity index is 3020. The average Bonchev–Trinajstić information content (AvgIpc) is 3.93. The summed E-state index contributed by atoms with van der Waals surface area (Å²) in [5, 5.41) is 5.15. The third-order valence-corrected chi connectivity index (χ3v) is 11.7. The molecule has 0 saturated heterocycles. The molecular formula is C43H27BN6+2. The summed E-state index contributed by atoms with van der Waals surface area (Å²) in [5.41, 5.74) is 11.8. The Morgan fingerprint density at radius 1 is 0.580 bits per heavy atom. The second-order valence-electron chi connectivity index (χ2n) is 13.9. The molecule has 0 bridgehead atoms. The van der Waals surface area contributed by atoms with Gasteiger partial charge in [0.1, 0.15) is 28.0 Å². The first kappa shape index (κ1) is 25.4. The van der Waals surface area contributed by atoms with Crippen LogP contribution < -0.4 is 19.6 Å². The van der Waals surface area contributed by atoms with Crippen molar-refractivity contribution in [3.63, 3.8) is 0 Å². The van der Waals surface area contributed by atoms with E-state index < -0.39 is 5.66 Å². The fourth-order valence-electron chi connectivity index (χ4n) is 9.78. The van der Waals surface area contributed by atoms with E-state index in [9.17, 15) is 0 Å². The molecule has 230 valence electrons. The van der Waals surface area contributed by atoms with Crippen molar-refractivity contribution < 1.29 is 9.25 Å². The Morgan fingerprint density at radius 3 is 2.06 bits per heavy atom. The van der Waals surface area contributed by atoms with E-state index in [1.807, 2.05) is 0 Å². The standard InChI is InChI=1S/C43H27BN6/c1-2-11-28(12-3-1)44-20-23-45(24-21-44)29-26-47-36-17-10-18-37-39(36)43(48(47)27-29)40-41-32(30-13-4-6-15-34(30)49(37)41)25-33-31-14-5-7-16-35(31)50(42(33)40)38-19-8-9-22-46(38)43/h1-27H/q+2. The summed E-state index contributed by atoms with van der Waals surface area (Å²) < 4.78 is 12.5. The van der Waals surface area contributed by atoms with Crippen molar-refractivity contribution in [2.45, 2.75) is 5.66 Å². The summed E-state index contributed by atoms with van der Waals surface area (Å²) in [6.07, 6.45) is 11.4. The number of pyridine rings is 1. The molecule has 0 fully saturated rings. The molecule has 0 radical (unpaired) electrons. The van der Waals surface area contributed by atoms with Crippen LogP contribution in [0.2, 0.25) is 0 Å². The molecule has 0 amide bonds. The lowest BCUT2D eigenvalue weighted by atomic mass is 9.45. The predicted octanol–water partition coefficient (Wildman–Crippen LogP) is 6.81. The van der Waals surface area contributed by atoms with Crippen LogP contribution in [0.25, 0.3) is 60.8 Å². The minimum atomic E-state index is -0.664. The highest BCUT2D eigenvalue weighted by atomic mass is 15.5. The van der Waals surface area contributed by atoms with Gasteiger partial charge in [-0.3, -0.25) is 0 Å². The Labute approximate surface area is 286 Å². The zero-order chi connectivity index (χ0) is 32.3. The number of benzene rings is 5. The first-order valence-corrected chi connectivity index (χ1v) is 17.3. The van der Waals surface area contributed by atoms with E-state index in [1.54, 1.807) is 0 Å². The molecule has 4 aliphatic heterocycles. The normalized spacial score (nSPS) is 17.4. The van der Waals surface area contributed by atoms with Crippen molar-refractivity contribution in [1.29, 1.82) is 0 Å². The lowest BCUT2D eigenvalue weighted by Gasteiger charge is -2.32. The lowest BCUT2D eigenvalue weighted by Crippen LogP contribution is -2.76. The molecule has 1 unspecified atom stereocenters. The largest absolute Gasteiger partial charge is 0.394 e. The maximum absolute atomic E-state index is 2.54. The van der Waals surface area contributed by atoms with Crippen LogP contribution in [0.4, 0.5) is 5.69 Å². The van der Waals surface area contributed by atoms with Gasteiger partial charge in [-0.2, -0.15) is 9.13 Å². The van der Waals surface area contributed by atoms with Crippen LogP contribution in [0.1, 0.15) is 11.1 Å². The second kappa shape index (κ2) is 8.51. The highest BCUT2D eigenvalue weighted by Crippen LogP contribution is 2.54. The van der Waals surface area contributed by atoms with Crippen molar-refractivity contribution in [2.75, 3.05) is 4.90 Å². The average molecular weight is 639 g/mol. The van der Waals surface area contributed by atoms with Gasteiger partial charge in [0.25, 0.3) is 5.82 Å². The molecule has 0 N–H and O–H groups in total. The van der Waals surface area contributed by atoms with E-state index in [1.165, 1.54) is 71.6 Å². The molecule has 0 aliphatic carbocycles. The SMILES string of the molecule is C1=CN(c2cn3[n+](c2)C24c5c(cccc5-3)-n3c5ccccc5c5cc6c7ccccc7n(c6c2c53)-c2cccc[n+]24)C=CB1c1ccccc1. The smallest absolute Gasteiger partial charge is 0.320 e. The van der Waals surface area contributed by atoms with Crippen LogP contribution >= 0.6 is 0 Å². The van der Waals surface area contributed by atoms with Gasteiger partial charge in [0.05, 0.1) is 29.1 Å². The van der Waals surface area contributed by atoms with Gasteiger partial charge < -0.3 is 9.47 Å². The fourth-order valence-corrected chi connectivity index (χ4v) is 9.78. The number of hydrogen-bond acceptors (Lipinski definition) is 1. The monoisotopic (exact) mass is 638 g/mol. The van der Waals surface area contributed by atoms with Crippen LogP contribution in [0.15, 0.2) is 164 Å². The van der Waals surface area contributed by atoms with Gasteiger partial charge in [0, 0.05) is 27.6 Å². The van der Waals surface area contributed by atoms with E-state index in [0.717, 1.165) is 11.5 Å². The van der Waals surface area contributed by atoms with Crippen molar-refractivity contribution in [3.8, 4) is 17.2 Å².